The van der Waals surface area contributed by atoms with Crippen molar-refractivity contribution in [3.05, 3.63) is 42.2 Å². The van der Waals surface area contributed by atoms with Gasteiger partial charge in [0.25, 0.3) is 5.91 Å². The summed E-state index contributed by atoms with van der Waals surface area (Å²) in [5, 5.41) is 13.7. The molecule has 2 N–H and O–H groups in total. The molecule has 0 radical (unpaired) electrons. The predicted octanol–water partition coefficient (Wildman–Crippen LogP) is 1.95. The standard InChI is InChI=1S/C13H15N5O/c1-2-7-15-11-5-6-12(18-17-11)16-13(19)10-4-3-8-14-9-10/h3-6,8-9H,2,7H2,1H3,(H,15,17)(H,16,18,19). The van der Waals surface area contributed by atoms with Gasteiger partial charge in [-0.15, -0.1) is 10.2 Å². The number of nitrogens with zero attached hydrogens (tertiary/aromatic N) is 3. The molecule has 2 aromatic rings. The zero-order valence-electron chi connectivity index (χ0n) is 10.6. The summed E-state index contributed by atoms with van der Waals surface area (Å²) in [6.45, 7) is 2.92. The number of hydrogen-bond acceptors (Lipinski definition) is 5. The van der Waals surface area contributed by atoms with Gasteiger partial charge in [-0.25, -0.2) is 0 Å². The number of carbonyl (C=O) groups excluding carboxylic acids is 1. The monoisotopic (exact) mass is 257 g/mol. The summed E-state index contributed by atoms with van der Waals surface area (Å²) in [5.41, 5.74) is 0.484. The van der Waals surface area contributed by atoms with Crippen LogP contribution in [0.3, 0.4) is 0 Å². The lowest BCUT2D eigenvalue weighted by Crippen LogP contribution is -2.14. The fourth-order valence-electron chi connectivity index (χ4n) is 1.43. The van der Waals surface area contributed by atoms with Gasteiger partial charge in [0.2, 0.25) is 0 Å². The zero-order valence-corrected chi connectivity index (χ0v) is 10.6. The first-order valence-corrected chi connectivity index (χ1v) is 6.08. The van der Waals surface area contributed by atoms with Gasteiger partial charge in [0, 0.05) is 18.9 Å². The lowest BCUT2D eigenvalue weighted by Gasteiger charge is -2.05. The smallest absolute Gasteiger partial charge is 0.258 e. The highest BCUT2D eigenvalue weighted by Gasteiger charge is 2.06. The van der Waals surface area contributed by atoms with E-state index in [9.17, 15) is 4.79 Å². The van der Waals surface area contributed by atoms with Gasteiger partial charge in [0.05, 0.1) is 5.56 Å². The summed E-state index contributed by atoms with van der Waals surface area (Å²) in [7, 11) is 0. The molecule has 0 atom stereocenters. The number of nitrogens with one attached hydrogen (secondary N) is 2. The van der Waals surface area contributed by atoms with Gasteiger partial charge in [0.15, 0.2) is 5.82 Å². The predicted molar refractivity (Wildman–Crippen MR) is 73.0 cm³/mol. The Morgan fingerprint density at radius 2 is 2.00 bits per heavy atom. The second kappa shape index (κ2) is 6.44. The first kappa shape index (κ1) is 12.9. The topological polar surface area (TPSA) is 79.8 Å². The minimum absolute atomic E-state index is 0.253. The van der Waals surface area contributed by atoms with E-state index < -0.39 is 0 Å². The second-order valence-corrected chi connectivity index (χ2v) is 3.93. The van der Waals surface area contributed by atoms with Crippen molar-refractivity contribution in [1.82, 2.24) is 15.2 Å². The van der Waals surface area contributed by atoms with Crippen molar-refractivity contribution in [2.24, 2.45) is 0 Å². The molecule has 0 bridgehead atoms. The van der Waals surface area contributed by atoms with Gasteiger partial charge in [0.1, 0.15) is 5.82 Å². The van der Waals surface area contributed by atoms with E-state index in [0.717, 1.165) is 13.0 Å². The largest absolute Gasteiger partial charge is 0.369 e. The van der Waals surface area contributed by atoms with Crippen LogP contribution in [0, 0.1) is 0 Å². The molecule has 0 aliphatic heterocycles. The quantitative estimate of drug-likeness (QED) is 0.855. The van der Waals surface area contributed by atoms with E-state index in [1.54, 1.807) is 30.5 Å². The molecule has 2 heterocycles. The Labute approximate surface area is 111 Å². The summed E-state index contributed by atoms with van der Waals surface area (Å²) < 4.78 is 0. The normalized spacial score (nSPS) is 9.95. The van der Waals surface area contributed by atoms with Crippen LogP contribution in [0.15, 0.2) is 36.7 Å². The van der Waals surface area contributed by atoms with Gasteiger partial charge in [-0.2, -0.15) is 0 Å². The summed E-state index contributed by atoms with van der Waals surface area (Å²) in [6, 6.07) is 6.88. The maximum atomic E-state index is 11.8. The molecule has 2 aromatic heterocycles. The van der Waals surface area contributed by atoms with Crippen LogP contribution in [0.25, 0.3) is 0 Å². The maximum Gasteiger partial charge on any atom is 0.258 e. The fraction of sp³-hybridized carbons (Fsp3) is 0.231. The number of anilines is 2. The van der Waals surface area contributed by atoms with Gasteiger partial charge < -0.3 is 10.6 Å². The number of rotatable bonds is 5. The van der Waals surface area contributed by atoms with Crippen molar-refractivity contribution in [3.8, 4) is 0 Å². The van der Waals surface area contributed by atoms with Crippen LogP contribution >= 0.6 is 0 Å². The van der Waals surface area contributed by atoms with E-state index >= 15 is 0 Å². The van der Waals surface area contributed by atoms with Gasteiger partial charge >= 0.3 is 0 Å². The van der Waals surface area contributed by atoms with Crippen LogP contribution in [-0.4, -0.2) is 27.6 Å². The molecule has 0 saturated carbocycles. The van der Waals surface area contributed by atoms with E-state index in [-0.39, 0.29) is 5.91 Å². The van der Waals surface area contributed by atoms with Crippen molar-refractivity contribution in [1.29, 1.82) is 0 Å². The zero-order chi connectivity index (χ0) is 13.5. The number of carbonyl (C=O) groups is 1. The van der Waals surface area contributed by atoms with Crippen molar-refractivity contribution >= 4 is 17.5 Å². The van der Waals surface area contributed by atoms with Crippen molar-refractivity contribution in [2.45, 2.75) is 13.3 Å². The van der Waals surface area contributed by atoms with Crippen LogP contribution in [-0.2, 0) is 0 Å². The molecular formula is C13H15N5O. The highest BCUT2D eigenvalue weighted by molar-refractivity contribution is 6.03. The average Bonchev–Trinajstić information content (AvgIpc) is 2.47. The molecule has 6 nitrogen and oxygen atoms in total. The van der Waals surface area contributed by atoms with Crippen LogP contribution < -0.4 is 10.6 Å². The Kier molecular flexibility index (Phi) is 4.39. The van der Waals surface area contributed by atoms with E-state index in [4.69, 9.17) is 0 Å². The molecule has 6 heteroatoms. The SMILES string of the molecule is CCCNc1ccc(NC(=O)c2cccnc2)nn1. The van der Waals surface area contributed by atoms with E-state index in [1.165, 1.54) is 6.20 Å². The minimum Gasteiger partial charge on any atom is -0.369 e. The Morgan fingerprint density at radius 1 is 1.21 bits per heavy atom. The molecule has 2 rings (SSSR count). The highest BCUT2D eigenvalue weighted by Crippen LogP contribution is 2.07. The molecule has 0 spiro atoms. The molecule has 98 valence electrons. The third-order valence-electron chi connectivity index (χ3n) is 2.39. The summed E-state index contributed by atoms with van der Waals surface area (Å²) in [6.07, 6.45) is 4.13. The number of aromatic nitrogens is 3. The minimum atomic E-state index is -0.253. The lowest BCUT2D eigenvalue weighted by atomic mass is 10.3. The van der Waals surface area contributed by atoms with Gasteiger partial charge in [-0.1, -0.05) is 6.92 Å². The van der Waals surface area contributed by atoms with E-state index in [1.807, 2.05) is 0 Å². The summed E-state index contributed by atoms with van der Waals surface area (Å²) in [5.74, 6) is 0.855. The molecule has 0 saturated heterocycles. The maximum absolute atomic E-state index is 11.8. The van der Waals surface area contributed by atoms with Crippen LogP contribution in [0.4, 0.5) is 11.6 Å². The van der Waals surface area contributed by atoms with Crippen LogP contribution in [0.5, 0.6) is 0 Å². The van der Waals surface area contributed by atoms with Crippen molar-refractivity contribution in [2.75, 3.05) is 17.2 Å². The molecule has 0 aromatic carbocycles. The van der Waals surface area contributed by atoms with Gasteiger partial charge in [-0.3, -0.25) is 9.78 Å². The first-order valence-electron chi connectivity index (χ1n) is 6.08. The fourth-order valence-corrected chi connectivity index (χ4v) is 1.43. The molecule has 0 aliphatic rings. The van der Waals surface area contributed by atoms with Crippen LogP contribution in [0.2, 0.25) is 0 Å². The average molecular weight is 257 g/mol. The van der Waals surface area contributed by atoms with E-state index in [2.05, 4.69) is 32.7 Å². The van der Waals surface area contributed by atoms with E-state index in [0.29, 0.717) is 17.2 Å². The third kappa shape index (κ3) is 3.74. The molecule has 0 unspecified atom stereocenters. The molecule has 0 fully saturated rings. The Bertz CT molecular complexity index is 526. The molecule has 0 aliphatic carbocycles. The number of hydrogen-bond donors (Lipinski definition) is 2. The number of amides is 1. The Morgan fingerprint density at radius 3 is 2.63 bits per heavy atom. The third-order valence-corrected chi connectivity index (χ3v) is 2.39. The molecular weight excluding hydrogens is 242 g/mol. The summed E-state index contributed by atoms with van der Waals surface area (Å²) >= 11 is 0. The van der Waals surface area contributed by atoms with Crippen molar-refractivity contribution in [3.63, 3.8) is 0 Å². The Hall–Kier alpha value is -2.50. The Balaban J connectivity index is 1.98. The number of pyridine rings is 1. The molecule has 1 amide bonds. The first-order chi connectivity index (χ1) is 9.29. The lowest BCUT2D eigenvalue weighted by molar-refractivity contribution is 0.102. The van der Waals surface area contributed by atoms with Gasteiger partial charge in [-0.05, 0) is 30.7 Å². The highest BCUT2D eigenvalue weighted by atomic mass is 16.1. The second-order valence-electron chi connectivity index (χ2n) is 3.93. The van der Waals surface area contributed by atoms with Crippen LogP contribution in [0.1, 0.15) is 23.7 Å². The van der Waals surface area contributed by atoms with Crippen molar-refractivity contribution < 1.29 is 4.79 Å². The summed E-state index contributed by atoms with van der Waals surface area (Å²) in [4.78, 5) is 15.7. The molecule has 19 heavy (non-hydrogen) atoms.